The maximum atomic E-state index is 13.9. The Morgan fingerprint density at radius 3 is 2.21 bits per heavy atom. The molecule has 0 radical (unpaired) electrons. The lowest BCUT2D eigenvalue weighted by Crippen LogP contribution is -2.52. The van der Waals surface area contributed by atoms with Crippen molar-refractivity contribution in [2.24, 2.45) is 0 Å². The summed E-state index contributed by atoms with van der Waals surface area (Å²) < 4.78 is 34.3. The molecule has 0 saturated carbocycles. The number of nitrogens with zero attached hydrogens (tertiary/aromatic N) is 2. The molecule has 8 nitrogen and oxygen atoms in total. The summed E-state index contributed by atoms with van der Waals surface area (Å²) in [6.07, 6.45) is 0.510. The van der Waals surface area contributed by atoms with E-state index in [1.807, 2.05) is 37.3 Å². The molecule has 9 heteroatoms. The number of aryl methyl sites for hydroxylation is 1. The van der Waals surface area contributed by atoms with Crippen LogP contribution in [0.2, 0.25) is 0 Å². The van der Waals surface area contributed by atoms with Crippen LogP contribution in [0.1, 0.15) is 25.0 Å². The van der Waals surface area contributed by atoms with Gasteiger partial charge in [0.05, 0.1) is 17.7 Å². The summed E-state index contributed by atoms with van der Waals surface area (Å²) in [4.78, 5) is 28.1. The van der Waals surface area contributed by atoms with Gasteiger partial charge in [-0.25, -0.2) is 8.42 Å². The number of anilines is 1. The van der Waals surface area contributed by atoms with Crippen LogP contribution in [0.15, 0.2) is 83.8 Å². The average Bonchev–Trinajstić information content (AvgIpc) is 2.92. The lowest BCUT2D eigenvalue weighted by Gasteiger charge is -2.32. The van der Waals surface area contributed by atoms with Crippen molar-refractivity contribution in [3.8, 4) is 5.75 Å². The van der Waals surface area contributed by atoms with E-state index in [0.717, 1.165) is 15.4 Å². The third kappa shape index (κ3) is 6.92. The van der Waals surface area contributed by atoms with Crippen LogP contribution in [0.3, 0.4) is 0 Å². The van der Waals surface area contributed by atoms with Gasteiger partial charge < -0.3 is 15.0 Å². The Morgan fingerprint density at radius 2 is 1.58 bits per heavy atom. The zero-order chi connectivity index (χ0) is 27.7. The van der Waals surface area contributed by atoms with Gasteiger partial charge in [0.2, 0.25) is 11.8 Å². The van der Waals surface area contributed by atoms with Crippen molar-refractivity contribution < 1.29 is 22.7 Å². The molecule has 3 aromatic rings. The molecule has 2 amide bonds. The Hall–Kier alpha value is -3.85. The van der Waals surface area contributed by atoms with Gasteiger partial charge in [-0.2, -0.15) is 0 Å². The smallest absolute Gasteiger partial charge is 0.264 e. The van der Waals surface area contributed by atoms with Gasteiger partial charge in [-0.05, 0) is 57.0 Å². The normalized spacial score (nSPS) is 11.9. The van der Waals surface area contributed by atoms with Crippen molar-refractivity contribution in [1.82, 2.24) is 10.2 Å². The number of carbonyl (C=O) groups is 2. The highest BCUT2D eigenvalue weighted by molar-refractivity contribution is 7.92. The molecule has 0 aliphatic carbocycles. The minimum atomic E-state index is -4.15. The number of carbonyl (C=O) groups excluding carboxylic acids is 2. The SMILES string of the molecule is CCNC(=O)C(C)N(CCc1ccccc1)C(=O)CN(c1ccccc1OC)S(=O)(=O)c1ccc(C)cc1. The molecule has 0 bridgehead atoms. The summed E-state index contributed by atoms with van der Waals surface area (Å²) in [6, 6.07) is 21.9. The molecule has 1 atom stereocenters. The molecule has 0 aromatic heterocycles. The minimum Gasteiger partial charge on any atom is -0.495 e. The van der Waals surface area contributed by atoms with Crippen molar-refractivity contribution in [2.75, 3.05) is 31.0 Å². The molecule has 3 aromatic carbocycles. The molecular weight excluding hydrogens is 502 g/mol. The van der Waals surface area contributed by atoms with Crippen LogP contribution in [-0.4, -0.2) is 57.9 Å². The number of para-hydroxylation sites is 2. The number of hydrogen-bond donors (Lipinski definition) is 1. The highest BCUT2D eigenvalue weighted by atomic mass is 32.2. The highest BCUT2D eigenvalue weighted by Crippen LogP contribution is 2.32. The van der Waals surface area contributed by atoms with Crippen LogP contribution in [0.4, 0.5) is 5.69 Å². The molecule has 0 aliphatic rings. The Morgan fingerprint density at radius 1 is 0.947 bits per heavy atom. The number of likely N-dealkylation sites (N-methyl/N-ethyl adjacent to an activating group) is 1. The average molecular weight is 538 g/mol. The molecule has 202 valence electrons. The Kier molecular flexibility index (Phi) is 9.90. The van der Waals surface area contributed by atoms with Crippen molar-refractivity contribution >= 4 is 27.5 Å². The summed E-state index contributed by atoms with van der Waals surface area (Å²) in [7, 11) is -2.70. The Bertz CT molecular complexity index is 1330. The van der Waals surface area contributed by atoms with Crippen molar-refractivity contribution in [2.45, 2.75) is 38.1 Å². The van der Waals surface area contributed by atoms with E-state index >= 15 is 0 Å². The predicted molar refractivity (Wildman–Crippen MR) is 149 cm³/mol. The van der Waals surface area contributed by atoms with Crippen molar-refractivity contribution in [3.05, 3.63) is 90.0 Å². The van der Waals surface area contributed by atoms with Gasteiger partial charge in [0.1, 0.15) is 18.3 Å². The molecule has 1 N–H and O–H groups in total. The number of hydrogen-bond acceptors (Lipinski definition) is 5. The topological polar surface area (TPSA) is 96.0 Å². The van der Waals surface area contributed by atoms with Crippen LogP contribution >= 0.6 is 0 Å². The van der Waals surface area contributed by atoms with Crippen molar-refractivity contribution in [3.63, 3.8) is 0 Å². The fraction of sp³-hybridized carbons (Fsp3) is 0.310. The van der Waals surface area contributed by atoms with E-state index in [1.165, 1.54) is 24.1 Å². The highest BCUT2D eigenvalue weighted by Gasteiger charge is 2.33. The van der Waals surface area contributed by atoms with Crippen LogP contribution < -0.4 is 14.4 Å². The quantitative estimate of drug-likeness (QED) is 0.379. The van der Waals surface area contributed by atoms with Gasteiger partial charge in [0.25, 0.3) is 10.0 Å². The van der Waals surface area contributed by atoms with E-state index in [9.17, 15) is 18.0 Å². The van der Waals surface area contributed by atoms with Gasteiger partial charge in [0, 0.05) is 13.1 Å². The molecule has 0 heterocycles. The first-order valence-corrected chi connectivity index (χ1v) is 14.0. The Balaban J connectivity index is 2.01. The van der Waals surface area contributed by atoms with E-state index in [0.29, 0.717) is 18.7 Å². The molecule has 1 unspecified atom stereocenters. The van der Waals surface area contributed by atoms with Gasteiger partial charge in [-0.3, -0.25) is 13.9 Å². The second-order valence-electron chi connectivity index (χ2n) is 8.89. The van der Waals surface area contributed by atoms with Gasteiger partial charge in [-0.1, -0.05) is 60.2 Å². The van der Waals surface area contributed by atoms with Gasteiger partial charge in [0.15, 0.2) is 0 Å². The zero-order valence-corrected chi connectivity index (χ0v) is 23.1. The van der Waals surface area contributed by atoms with Crippen molar-refractivity contribution in [1.29, 1.82) is 0 Å². The monoisotopic (exact) mass is 537 g/mol. The minimum absolute atomic E-state index is 0.0504. The van der Waals surface area contributed by atoms with E-state index in [-0.39, 0.29) is 23.0 Å². The third-order valence-electron chi connectivity index (χ3n) is 6.24. The van der Waals surface area contributed by atoms with Crippen LogP contribution in [0, 0.1) is 6.92 Å². The second kappa shape index (κ2) is 13.1. The molecule has 0 spiro atoms. The van der Waals surface area contributed by atoms with Gasteiger partial charge >= 0.3 is 0 Å². The summed E-state index contributed by atoms with van der Waals surface area (Å²) in [5, 5.41) is 2.76. The maximum Gasteiger partial charge on any atom is 0.264 e. The predicted octanol–water partition coefficient (Wildman–Crippen LogP) is 3.79. The van der Waals surface area contributed by atoms with Crippen LogP contribution in [-0.2, 0) is 26.0 Å². The number of nitrogens with one attached hydrogen (secondary N) is 1. The summed E-state index contributed by atoms with van der Waals surface area (Å²) in [6.45, 7) is 5.47. The van der Waals surface area contributed by atoms with Crippen LogP contribution in [0.25, 0.3) is 0 Å². The first-order chi connectivity index (χ1) is 18.2. The molecule has 3 rings (SSSR count). The molecule has 0 fully saturated rings. The first kappa shape index (κ1) is 28.7. The number of amides is 2. The summed E-state index contributed by atoms with van der Waals surface area (Å²) >= 11 is 0. The summed E-state index contributed by atoms with van der Waals surface area (Å²) in [5.74, 6) is -0.496. The van der Waals surface area contributed by atoms with Crippen LogP contribution in [0.5, 0.6) is 5.75 Å². The molecule has 38 heavy (non-hydrogen) atoms. The van der Waals surface area contributed by atoms with Gasteiger partial charge in [-0.15, -0.1) is 0 Å². The third-order valence-corrected chi connectivity index (χ3v) is 8.02. The standard InChI is InChI=1S/C29H35N3O5S/c1-5-30-29(34)23(3)31(20-19-24-11-7-6-8-12-24)28(33)21-32(26-13-9-10-14-27(26)37-4)38(35,36)25-17-15-22(2)16-18-25/h6-18,23H,5,19-21H2,1-4H3,(H,30,34). The number of rotatable bonds is 12. The molecule has 0 aliphatic heterocycles. The maximum absolute atomic E-state index is 13.9. The van der Waals surface area contributed by atoms with E-state index in [2.05, 4.69) is 5.32 Å². The first-order valence-electron chi connectivity index (χ1n) is 12.5. The fourth-order valence-corrected chi connectivity index (χ4v) is 5.50. The largest absolute Gasteiger partial charge is 0.495 e. The van der Waals surface area contributed by atoms with E-state index in [4.69, 9.17) is 4.74 Å². The van der Waals surface area contributed by atoms with E-state index in [1.54, 1.807) is 50.2 Å². The fourth-order valence-electron chi connectivity index (χ4n) is 4.08. The van der Waals surface area contributed by atoms with E-state index < -0.39 is 28.5 Å². The summed E-state index contributed by atoms with van der Waals surface area (Å²) in [5.41, 5.74) is 2.14. The second-order valence-corrected chi connectivity index (χ2v) is 10.8. The Labute approximate surface area is 225 Å². The number of ether oxygens (including phenoxy) is 1. The number of methoxy groups -OCH3 is 1. The molecular formula is C29H35N3O5S. The number of sulfonamides is 1. The lowest BCUT2D eigenvalue weighted by molar-refractivity contribution is -0.138. The lowest BCUT2D eigenvalue weighted by atomic mass is 10.1. The number of benzene rings is 3. The zero-order valence-electron chi connectivity index (χ0n) is 22.3. The molecule has 0 saturated heterocycles.